The molecular weight excluding hydrogens is 454 g/mol. The number of benzene rings is 1. The molecule has 1 aromatic heterocycles. The summed E-state index contributed by atoms with van der Waals surface area (Å²) < 4.78 is 0. The Balaban J connectivity index is 1.27. The number of piperidine rings is 1. The van der Waals surface area contributed by atoms with Gasteiger partial charge in [0.1, 0.15) is 11.9 Å². The van der Waals surface area contributed by atoms with Gasteiger partial charge in [-0.2, -0.15) is 0 Å². The number of unbranched alkanes of at least 4 members (excludes halogenated alkanes) is 1. The predicted molar refractivity (Wildman–Crippen MR) is 125 cm³/mol. The molecule has 0 aliphatic carbocycles. The van der Waals surface area contributed by atoms with Crippen molar-refractivity contribution in [3.8, 4) is 0 Å². The Morgan fingerprint density at radius 3 is 2.57 bits per heavy atom. The highest BCUT2D eigenvalue weighted by Gasteiger charge is 2.45. The summed E-state index contributed by atoms with van der Waals surface area (Å²) in [5, 5.41) is 10.8. The Hall–Kier alpha value is -4.35. The van der Waals surface area contributed by atoms with Crippen LogP contribution >= 0.6 is 0 Å². The van der Waals surface area contributed by atoms with Crippen LogP contribution in [0.1, 0.15) is 52.2 Å². The predicted octanol–water partition coefficient (Wildman–Crippen LogP) is 1.20. The number of fused-ring (bicyclic) bond motifs is 1. The summed E-state index contributed by atoms with van der Waals surface area (Å²) in [6, 6.07) is 3.56. The first-order valence-electron chi connectivity index (χ1n) is 11.3. The van der Waals surface area contributed by atoms with Crippen molar-refractivity contribution in [2.24, 2.45) is 0 Å². The van der Waals surface area contributed by atoms with E-state index in [1.54, 1.807) is 25.1 Å². The fourth-order valence-corrected chi connectivity index (χ4v) is 3.97. The average molecular weight is 479 g/mol. The number of urea groups is 1. The van der Waals surface area contributed by atoms with Gasteiger partial charge in [0.2, 0.25) is 11.8 Å². The lowest BCUT2D eigenvalue weighted by atomic mass is 10.0. The van der Waals surface area contributed by atoms with Gasteiger partial charge in [0.15, 0.2) is 0 Å². The standard InChI is InChI=1S/C23H25N7O5/c1-13-26-11-14(12-27-13)28-23(35)25-10-3-2-9-24-16-6-4-5-15-19(16)22(34)30(21(15)33)17-7-8-18(31)29-20(17)32/h4-6,11-12,17,24H,2-3,7-10H2,1H3,(H2,25,28,35)(H,29,31,32). The summed E-state index contributed by atoms with van der Waals surface area (Å²) in [5.41, 5.74) is 1.45. The van der Waals surface area contributed by atoms with E-state index in [0.29, 0.717) is 43.1 Å². The Labute approximate surface area is 200 Å². The Bertz CT molecular complexity index is 1180. The molecular formula is C23H25N7O5. The van der Waals surface area contributed by atoms with Crippen molar-refractivity contribution in [3.63, 3.8) is 0 Å². The number of hydrogen-bond donors (Lipinski definition) is 4. The van der Waals surface area contributed by atoms with E-state index in [1.807, 2.05) is 0 Å². The third kappa shape index (κ3) is 5.26. The van der Waals surface area contributed by atoms with E-state index in [9.17, 15) is 24.0 Å². The number of hydrogen-bond acceptors (Lipinski definition) is 8. The van der Waals surface area contributed by atoms with Crippen LogP contribution in [0.15, 0.2) is 30.6 Å². The van der Waals surface area contributed by atoms with Crippen LogP contribution in [0.25, 0.3) is 0 Å². The average Bonchev–Trinajstić information content (AvgIpc) is 3.08. The highest BCUT2D eigenvalue weighted by Crippen LogP contribution is 2.32. The van der Waals surface area contributed by atoms with Gasteiger partial charge in [0, 0.05) is 25.2 Å². The van der Waals surface area contributed by atoms with Crippen LogP contribution in [0.4, 0.5) is 16.2 Å². The maximum atomic E-state index is 13.1. The van der Waals surface area contributed by atoms with E-state index in [-0.39, 0.29) is 30.0 Å². The van der Waals surface area contributed by atoms with Gasteiger partial charge in [-0.25, -0.2) is 14.8 Å². The third-order valence-electron chi connectivity index (χ3n) is 5.71. The van der Waals surface area contributed by atoms with E-state index in [2.05, 4.69) is 31.2 Å². The molecule has 4 rings (SSSR count). The normalized spacial score (nSPS) is 17.2. The molecule has 2 aromatic rings. The number of carbonyl (C=O) groups excluding carboxylic acids is 5. The Kier molecular flexibility index (Phi) is 6.99. The molecule has 1 saturated heterocycles. The van der Waals surface area contributed by atoms with Crippen LogP contribution in [-0.2, 0) is 9.59 Å². The molecule has 182 valence electrons. The maximum Gasteiger partial charge on any atom is 0.319 e. The minimum Gasteiger partial charge on any atom is -0.384 e. The lowest BCUT2D eigenvalue weighted by Crippen LogP contribution is -2.54. The van der Waals surface area contributed by atoms with Crippen molar-refractivity contribution in [2.45, 2.75) is 38.6 Å². The smallest absolute Gasteiger partial charge is 0.319 e. The number of aryl methyl sites for hydroxylation is 1. The molecule has 0 radical (unpaired) electrons. The fourth-order valence-electron chi connectivity index (χ4n) is 3.97. The molecule has 1 atom stereocenters. The van der Waals surface area contributed by atoms with Crippen molar-refractivity contribution >= 4 is 41.0 Å². The second-order valence-electron chi connectivity index (χ2n) is 8.21. The molecule has 2 aliphatic rings. The lowest BCUT2D eigenvalue weighted by molar-refractivity contribution is -0.136. The molecule has 6 amide bonds. The van der Waals surface area contributed by atoms with Gasteiger partial charge in [0.05, 0.1) is 29.2 Å². The van der Waals surface area contributed by atoms with Crippen LogP contribution < -0.4 is 21.3 Å². The van der Waals surface area contributed by atoms with Crippen LogP contribution in [0.2, 0.25) is 0 Å². The lowest BCUT2D eigenvalue weighted by Gasteiger charge is -2.27. The zero-order chi connectivity index (χ0) is 24.9. The Morgan fingerprint density at radius 1 is 1.09 bits per heavy atom. The number of carbonyl (C=O) groups is 5. The highest BCUT2D eigenvalue weighted by molar-refractivity contribution is 6.25. The molecule has 1 unspecified atom stereocenters. The number of aromatic nitrogens is 2. The van der Waals surface area contributed by atoms with Gasteiger partial charge in [0.25, 0.3) is 11.8 Å². The van der Waals surface area contributed by atoms with Crippen LogP contribution in [0.3, 0.4) is 0 Å². The number of rotatable bonds is 8. The van der Waals surface area contributed by atoms with Gasteiger partial charge in [-0.15, -0.1) is 0 Å². The van der Waals surface area contributed by atoms with Gasteiger partial charge in [-0.1, -0.05) is 6.07 Å². The first-order valence-corrected chi connectivity index (χ1v) is 11.3. The molecule has 12 heteroatoms. The van der Waals surface area contributed by atoms with Crippen molar-refractivity contribution < 1.29 is 24.0 Å². The molecule has 2 aliphatic heterocycles. The molecule has 0 bridgehead atoms. The largest absolute Gasteiger partial charge is 0.384 e. The van der Waals surface area contributed by atoms with E-state index in [1.165, 1.54) is 12.4 Å². The SMILES string of the molecule is Cc1ncc(NC(=O)NCCCCNc2cccc3c2C(=O)N(C2CCC(=O)NC2=O)C3=O)cn1. The summed E-state index contributed by atoms with van der Waals surface area (Å²) in [5.74, 6) is -1.54. The van der Waals surface area contributed by atoms with E-state index < -0.39 is 29.7 Å². The minimum absolute atomic E-state index is 0.0692. The van der Waals surface area contributed by atoms with Crippen molar-refractivity contribution in [2.75, 3.05) is 23.7 Å². The first-order chi connectivity index (χ1) is 16.8. The van der Waals surface area contributed by atoms with E-state index >= 15 is 0 Å². The molecule has 35 heavy (non-hydrogen) atoms. The summed E-state index contributed by atoms with van der Waals surface area (Å²) in [7, 11) is 0. The molecule has 0 saturated carbocycles. The number of anilines is 2. The van der Waals surface area contributed by atoms with Gasteiger partial charge >= 0.3 is 6.03 Å². The molecule has 0 spiro atoms. The zero-order valence-electron chi connectivity index (χ0n) is 19.1. The molecule has 12 nitrogen and oxygen atoms in total. The zero-order valence-corrected chi connectivity index (χ0v) is 19.1. The van der Waals surface area contributed by atoms with Gasteiger partial charge < -0.3 is 16.0 Å². The van der Waals surface area contributed by atoms with E-state index in [0.717, 1.165) is 4.90 Å². The molecule has 4 N–H and O–H groups in total. The molecule has 3 heterocycles. The topological polar surface area (TPSA) is 162 Å². The van der Waals surface area contributed by atoms with Crippen molar-refractivity contribution in [1.29, 1.82) is 0 Å². The second-order valence-corrected chi connectivity index (χ2v) is 8.21. The fraction of sp³-hybridized carbons (Fsp3) is 0.348. The van der Waals surface area contributed by atoms with Gasteiger partial charge in [-0.3, -0.25) is 29.4 Å². The first kappa shape index (κ1) is 23.8. The number of imide groups is 2. The summed E-state index contributed by atoms with van der Waals surface area (Å²) in [4.78, 5) is 70.5. The number of nitrogens with one attached hydrogen (secondary N) is 4. The summed E-state index contributed by atoms with van der Waals surface area (Å²) in [6.07, 6.45) is 4.59. The van der Waals surface area contributed by atoms with Gasteiger partial charge in [-0.05, 0) is 38.3 Å². The quantitative estimate of drug-likeness (QED) is 0.324. The molecule has 1 aromatic carbocycles. The highest BCUT2D eigenvalue weighted by atomic mass is 16.2. The monoisotopic (exact) mass is 479 g/mol. The maximum absolute atomic E-state index is 13.1. The minimum atomic E-state index is -1.00. The number of nitrogens with zero attached hydrogens (tertiary/aromatic N) is 3. The molecule has 1 fully saturated rings. The van der Waals surface area contributed by atoms with E-state index in [4.69, 9.17) is 0 Å². The summed E-state index contributed by atoms with van der Waals surface area (Å²) >= 11 is 0. The second kappa shape index (κ2) is 10.3. The summed E-state index contributed by atoms with van der Waals surface area (Å²) in [6.45, 7) is 2.70. The Morgan fingerprint density at radius 2 is 1.83 bits per heavy atom. The number of amides is 6. The van der Waals surface area contributed by atoms with Crippen LogP contribution in [-0.4, -0.2) is 63.7 Å². The van der Waals surface area contributed by atoms with Crippen molar-refractivity contribution in [3.05, 3.63) is 47.5 Å². The van der Waals surface area contributed by atoms with Crippen LogP contribution in [0.5, 0.6) is 0 Å². The van der Waals surface area contributed by atoms with Crippen LogP contribution in [0, 0.1) is 6.92 Å². The van der Waals surface area contributed by atoms with Crippen molar-refractivity contribution in [1.82, 2.24) is 25.5 Å². The third-order valence-corrected chi connectivity index (χ3v) is 5.71.